The van der Waals surface area contributed by atoms with E-state index in [2.05, 4.69) is 0 Å². The molecule has 0 aliphatic heterocycles. The summed E-state index contributed by atoms with van der Waals surface area (Å²) in [5, 5.41) is 46.2. The Morgan fingerprint density at radius 3 is 1.83 bits per heavy atom. The molecule has 9 nitrogen and oxygen atoms in total. The van der Waals surface area contributed by atoms with Gasteiger partial charge in [-0.1, -0.05) is 0 Å². The maximum atomic E-state index is 11.7. The highest BCUT2D eigenvalue weighted by atomic mass is 16.5. The van der Waals surface area contributed by atoms with Crippen molar-refractivity contribution in [2.45, 2.75) is 64.2 Å². The number of carboxylic acids is 1. The minimum Gasteiger partial charge on any atom is -0.479 e. The molecule has 5 N–H and O–H groups in total. The zero-order chi connectivity index (χ0) is 18.3. The van der Waals surface area contributed by atoms with Crippen LogP contribution in [-0.2, 0) is 14.3 Å². The summed E-state index contributed by atoms with van der Waals surface area (Å²) >= 11 is 0. The molecule has 23 heavy (non-hydrogen) atoms. The lowest BCUT2D eigenvalue weighted by Crippen LogP contribution is -2.49. The average Bonchev–Trinajstić information content (AvgIpc) is 2.46. The van der Waals surface area contributed by atoms with Crippen molar-refractivity contribution in [1.82, 2.24) is 4.90 Å². The molecular weight excluding hydrogens is 310 g/mol. The molecule has 0 unspecified atom stereocenters. The quantitative estimate of drug-likeness (QED) is 0.290. The number of carboxylic acid groups (broad SMARTS) is 1. The average molecular weight is 337 g/mol. The largest absolute Gasteiger partial charge is 0.479 e. The summed E-state index contributed by atoms with van der Waals surface area (Å²) in [6, 6.07) is 0.205. The fraction of sp³-hybridized carbons (Fsp3) is 0.857. The Morgan fingerprint density at radius 2 is 1.43 bits per heavy atom. The van der Waals surface area contributed by atoms with Crippen LogP contribution in [0, 0.1) is 0 Å². The minimum atomic E-state index is -2.26. The number of carbonyl (C=O) groups excluding carboxylic acids is 1. The molecule has 0 spiro atoms. The highest BCUT2D eigenvalue weighted by Gasteiger charge is 2.35. The molecule has 0 aromatic carbocycles. The van der Waals surface area contributed by atoms with E-state index in [-0.39, 0.29) is 18.6 Å². The monoisotopic (exact) mass is 337 g/mol. The van der Waals surface area contributed by atoms with Gasteiger partial charge in [-0.05, 0) is 27.7 Å². The van der Waals surface area contributed by atoms with Crippen molar-refractivity contribution in [3.63, 3.8) is 0 Å². The highest BCUT2D eigenvalue weighted by molar-refractivity contribution is 5.73. The number of aliphatic carboxylic acids is 1. The number of ether oxygens (including phenoxy) is 1. The number of hydrogen-bond donors (Lipinski definition) is 5. The van der Waals surface area contributed by atoms with Crippen molar-refractivity contribution in [1.29, 1.82) is 0 Å². The van der Waals surface area contributed by atoms with E-state index < -0.39 is 43.0 Å². The second kappa shape index (κ2) is 9.78. The van der Waals surface area contributed by atoms with Crippen LogP contribution in [-0.4, -0.2) is 92.0 Å². The van der Waals surface area contributed by atoms with Gasteiger partial charge >= 0.3 is 11.9 Å². The van der Waals surface area contributed by atoms with Crippen LogP contribution in [0.4, 0.5) is 0 Å². The third-order valence-electron chi connectivity index (χ3n) is 3.37. The number of aliphatic hydroxyl groups is 4. The second-order valence-electron chi connectivity index (χ2n) is 5.87. The van der Waals surface area contributed by atoms with Gasteiger partial charge < -0.3 is 30.3 Å². The van der Waals surface area contributed by atoms with Gasteiger partial charge in [0.2, 0.25) is 0 Å². The summed E-state index contributed by atoms with van der Waals surface area (Å²) in [4.78, 5) is 24.1. The molecular formula is C14H27NO8. The summed E-state index contributed by atoms with van der Waals surface area (Å²) in [5.41, 5.74) is 0. The van der Waals surface area contributed by atoms with Gasteiger partial charge in [-0.25, -0.2) is 4.79 Å². The Kier molecular flexibility index (Phi) is 9.25. The first-order valence-electron chi connectivity index (χ1n) is 7.35. The van der Waals surface area contributed by atoms with E-state index in [4.69, 9.17) is 14.9 Å². The normalized spacial score (nSPS) is 17.2. The van der Waals surface area contributed by atoms with Gasteiger partial charge in [-0.15, -0.1) is 0 Å². The van der Waals surface area contributed by atoms with Gasteiger partial charge in [0.1, 0.15) is 24.9 Å². The first-order chi connectivity index (χ1) is 10.5. The zero-order valence-corrected chi connectivity index (χ0v) is 13.8. The van der Waals surface area contributed by atoms with Gasteiger partial charge in [-0.2, -0.15) is 0 Å². The summed E-state index contributed by atoms with van der Waals surface area (Å²) < 4.78 is 4.82. The molecule has 0 aromatic rings. The number of aliphatic hydroxyl groups excluding tert-OH is 4. The molecule has 0 radical (unpaired) electrons. The van der Waals surface area contributed by atoms with E-state index in [0.717, 1.165) is 0 Å². The number of carbonyl (C=O) groups is 2. The van der Waals surface area contributed by atoms with Gasteiger partial charge in [0.15, 0.2) is 6.10 Å². The molecule has 0 amide bonds. The van der Waals surface area contributed by atoms with E-state index in [1.165, 1.54) is 0 Å². The first-order valence-corrected chi connectivity index (χ1v) is 7.35. The number of nitrogens with zero attached hydrogens (tertiary/aromatic N) is 1. The Balaban J connectivity index is 4.44. The van der Waals surface area contributed by atoms with Crippen LogP contribution in [0.2, 0.25) is 0 Å². The summed E-state index contributed by atoms with van der Waals surface area (Å²) in [6.07, 6.45) is -8.06. The first kappa shape index (κ1) is 21.7. The molecule has 0 bridgehead atoms. The van der Waals surface area contributed by atoms with Gasteiger partial charge in [0, 0.05) is 12.1 Å². The van der Waals surface area contributed by atoms with Gasteiger partial charge in [0.05, 0.1) is 6.54 Å². The van der Waals surface area contributed by atoms with Crippen molar-refractivity contribution < 1.29 is 39.9 Å². The predicted octanol–water partition coefficient (Wildman–Crippen LogP) is -1.82. The lowest BCUT2D eigenvalue weighted by Gasteiger charge is -2.29. The fourth-order valence-electron chi connectivity index (χ4n) is 1.99. The van der Waals surface area contributed by atoms with Crippen LogP contribution in [0.25, 0.3) is 0 Å². The smallest absolute Gasteiger partial charge is 0.335 e. The van der Waals surface area contributed by atoms with E-state index in [9.17, 15) is 24.9 Å². The highest BCUT2D eigenvalue weighted by Crippen LogP contribution is 2.08. The Labute approximate surface area is 135 Å². The number of hydrogen-bond acceptors (Lipinski definition) is 8. The van der Waals surface area contributed by atoms with Gasteiger partial charge in [-0.3, -0.25) is 9.69 Å². The lowest BCUT2D eigenvalue weighted by atomic mass is 10.0. The molecule has 0 aromatic heterocycles. The van der Waals surface area contributed by atoms with E-state index in [1.54, 1.807) is 0 Å². The Bertz CT molecular complexity index is 379. The van der Waals surface area contributed by atoms with Crippen LogP contribution in [0.5, 0.6) is 0 Å². The molecule has 0 aliphatic rings. The van der Waals surface area contributed by atoms with Crippen LogP contribution in [0.15, 0.2) is 0 Å². The molecule has 0 saturated carbocycles. The zero-order valence-electron chi connectivity index (χ0n) is 13.8. The van der Waals surface area contributed by atoms with Crippen molar-refractivity contribution in [3.05, 3.63) is 0 Å². The molecule has 4 atom stereocenters. The van der Waals surface area contributed by atoms with Crippen molar-refractivity contribution in [3.8, 4) is 0 Å². The second-order valence-corrected chi connectivity index (χ2v) is 5.87. The SMILES string of the molecule is CC(C)N(CC(=O)OC[C@H](O)[C@H](O)[C@@H](O)[C@@H](O)C(=O)O)C(C)C. The molecule has 9 heteroatoms. The van der Waals surface area contributed by atoms with Gasteiger partial charge in [0.25, 0.3) is 0 Å². The van der Waals surface area contributed by atoms with E-state index in [0.29, 0.717) is 0 Å². The van der Waals surface area contributed by atoms with Crippen molar-refractivity contribution in [2.24, 2.45) is 0 Å². The van der Waals surface area contributed by atoms with Crippen LogP contribution >= 0.6 is 0 Å². The van der Waals surface area contributed by atoms with Crippen molar-refractivity contribution >= 4 is 11.9 Å². The Morgan fingerprint density at radius 1 is 0.957 bits per heavy atom. The van der Waals surface area contributed by atoms with Crippen LogP contribution in [0.3, 0.4) is 0 Å². The summed E-state index contributed by atoms with van der Waals surface area (Å²) in [7, 11) is 0. The third kappa shape index (κ3) is 7.23. The minimum absolute atomic E-state index is 0.0154. The number of esters is 1. The third-order valence-corrected chi connectivity index (χ3v) is 3.37. The maximum Gasteiger partial charge on any atom is 0.335 e. The molecule has 0 saturated heterocycles. The van der Waals surface area contributed by atoms with Crippen LogP contribution < -0.4 is 0 Å². The van der Waals surface area contributed by atoms with E-state index in [1.807, 2.05) is 32.6 Å². The standard InChI is InChI=1S/C14H27NO8/c1-7(2)15(8(3)4)5-10(17)23-6-9(16)11(18)12(19)13(20)14(21)22/h7-9,11-13,16,18-20H,5-6H2,1-4H3,(H,21,22)/t9-,11-,12+,13+/m0/s1. The Hall–Kier alpha value is -1.26. The molecule has 0 aliphatic carbocycles. The molecule has 0 rings (SSSR count). The topological polar surface area (TPSA) is 148 Å². The molecule has 0 fully saturated rings. The summed E-state index contributed by atoms with van der Waals surface area (Å²) in [6.45, 7) is 7.00. The summed E-state index contributed by atoms with van der Waals surface area (Å²) in [5.74, 6) is -2.38. The number of rotatable bonds is 10. The molecule has 0 heterocycles. The maximum absolute atomic E-state index is 11.7. The van der Waals surface area contributed by atoms with Crippen molar-refractivity contribution in [2.75, 3.05) is 13.2 Å². The van der Waals surface area contributed by atoms with E-state index >= 15 is 0 Å². The molecule has 136 valence electrons. The fourth-order valence-corrected chi connectivity index (χ4v) is 1.99. The predicted molar refractivity (Wildman–Crippen MR) is 79.6 cm³/mol. The lowest BCUT2D eigenvalue weighted by molar-refractivity contribution is -0.169. The van der Waals surface area contributed by atoms with Crippen LogP contribution in [0.1, 0.15) is 27.7 Å².